The Balaban J connectivity index is 0.000000105. The van der Waals surface area contributed by atoms with Crippen LogP contribution in [-0.2, 0) is 0 Å². The monoisotopic (exact) mass is 1580 g/mol. The first-order valence-electron chi connectivity index (χ1n) is 39.1. The normalized spacial score (nSPS) is 11.2. The lowest BCUT2D eigenvalue weighted by Gasteiger charge is -2.17. The Hall–Kier alpha value is -19.0. The SMILES string of the molecule is [C-]#[N+]c1c([N+]#[C-])c(C#N)c2c(c(/C=C\c3ccccc3C)c(C)c3c4ccccc4cn23)c1[N+]#[C-].[C-]#[N+]c1cc2c(c([N+]#[C-])c1[N+]#[C-])c1ccc3ccccc3c1c1c3ccccc3cn21.[C-]#[N+]c1cc2c3ccc4ccccc4c3c3c4ccccc4cn3c2cc1[N+]#[C-].[C-]#[N+]c1nc2c3ccc4ccccc4c3c3c4ccccc4cn3c2nc1[N+]#[C-]. The third-order valence-electron chi connectivity index (χ3n) is 23.7. The molecule has 0 saturated heterocycles. The molecular formula is C107H53N17. The molecule has 0 unspecified atom stereocenters. The minimum atomic E-state index is -0.0715. The van der Waals surface area contributed by atoms with Gasteiger partial charge >= 0.3 is 0 Å². The van der Waals surface area contributed by atoms with Gasteiger partial charge in [0.05, 0.1) is 86.3 Å². The number of rotatable bonds is 2. The molecule has 23 aromatic rings. The van der Waals surface area contributed by atoms with Gasteiger partial charge in [-0.1, -0.05) is 256 Å². The van der Waals surface area contributed by atoms with Crippen LogP contribution in [-0.4, -0.2) is 27.6 Å². The van der Waals surface area contributed by atoms with Gasteiger partial charge in [0.25, 0.3) is 17.3 Å². The fourth-order valence-electron chi connectivity index (χ4n) is 18.3. The van der Waals surface area contributed by atoms with Gasteiger partial charge in [-0.3, -0.25) is 43.2 Å². The highest BCUT2D eigenvalue weighted by atomic mass is 15.1. The number of benzene rings is 14. The molecular weight excluding hydrogens is 1520 g/mol. The summed E-state index contributed by atoms with van der Waals surface area (Å²) in [5.74, 6) is 0.0738. The van der Waals surface area contributed by atoms with Gasteiger partial charge in [-0.15, -0.1) is 9.97 Å². The van der Waals surface area contributed by atoms with Crippen LogP contribution in [0.2, 0.25) is 0 Å². The minimum Gasteiger partial charge on any atom is -0.370 e. The number of pyridine rings is 4. The lowest BCUT2D eigenvalue weighted by molar-refractivity contribution is 1.20. The Labute approximate surface area is 706 Å². The molecule has 0 aliphatic heterocycles. The number of hydrogen-bond donors (Lipinski definition) is 0. The van der Waals surface area contributed by atoms with Crippen molar-refractivity contribution in [2.75, 3.05) is 0 Å². The van der Waals surface area contributed by atoms with Crippen LogP contribution >= 0.6 is 0 Å². The van der Waals surface area contributed by atoms with Crippen LogP contribution in [0.5, 0.6) is 0 Å². The summed E-state index contributed by atoms with van der Waals surface area (Å²) in [7, 11) is 0. The van der Waals surface area contributed by atoms with Crippen LogP contribution < -0.4 is 0 Å². The molecule has 0 fully saturated rings. The molecule has 566 valence electrons. The van der Waals surface area contributed by atoms with Crippen molar-refractivity contribution in [3.8, 4) is 6.07 Å². The molecule has 17 heteroatoms. The highest BCUT2D eigenvalue weighted by Gasteiger charge is 2.29. The van der Waals surface area contributed by atoms with Crippen LogP contribution in [0.25, 0.3) is 234 Å². The summed E-state index contributed by atoms with van der Waals surface area (Å²) in [5, 5.41) is 34.4. The van der Waals surface area contributed by atoms with E-state index in [9.17, 15) is 5.26 Å². The molecule has 124 heavy (non-hydrogen) atoms. The van der Waals surface area contributed by atoms with Crippen molar-refractivity contribution in [2.45, 2.75) is 13.8 Å². The second-order valence-corrected chi connectivity index (χ2v) is 29.9. The van der Waals surface area contributed by atoms with Gasteiger partial charge in [0.1, 0.15) is 0 Å². The van der Waals surface area contributed by atoms with Crippen LogP contribution in [0, 0.1) is 90.9 Å². The lowest BCUT2D eigenvalue weighted by atomic mass is 9.94. The van der Waals surface area contributed by atoms with Crippen molar-refractivity contribution < 1.29 is 0 Å². The summed E-state index contributed by atoms with van der Waals surface area (Å²) >= 11 is 0. The molecule has 9 heterocycles. The first-order valence-corrected chi connectivity index (χ1v) is 39.1. The van der Waals surface area contributed by atoms with Crippen molar-refractivity contribution in [2.24, 2.45) is 0 Å². The lowest BCUT2D eigenvalue weighted by Crippen LogP contribution is -1.98. The van der Waals surface area contributed by atoms with E-state index in [4.69, 9.17) is 65.7 Å². The van der Waals surface area contributed by atoms with Crippen molar-refractivity contribution in [1.29, 1.82) is 5.26 Å². The first-order chi connectivity index (χ1) is 60.9. The molecule has 0 bridgehead atoms. The molecule has 17 nitrogen and oxygen atoms in total. The second-order valence-electron chi connectivity index (χ2n) is 29.9. The molecule has 0 amide bonds. The Morgan fingerprint density at radius 3 is 1.23 bits per heavy atom. The topological polar surface area (TPSA) is 111 Å². The minimum absolute atomic E-state index is 0.0340. The van der Waals surface area contributed by atoms with Crippen LogP contribution in [0.15, 0.2) is 274 Å². The number of aryl methyl sites for hydroxylation is 2. The quantitative estimate of drug-likeness (QED) is 0.127. The molecule has 0 radical (unpaired) electrons. The highest BCUT2D eigenvalue weighted by molar-refractivity contribution is 6.33. The molecule has 0 spiro atoms. The fourth-order valence-corrected chi connectivity index (χ4v) is 18.3. The maximum atomic E-state index is 10.2. The van der Waals surface area contributed by atoms with E-state index in [0.29, 0.717) is 33.4 Å². The van der Waals surface area contributed by atoms with Gasteiger partial charge in [0.2, 0.25) is 22.6 Å². The summed E-state index contributed by atoms with van der Waals surface area (Å²) in [6.07, 6.45) is 12.1. The largest absolute Gasteiger partial charge is 0.370 e. The first kappa shape index (κ1) is 73.8. The highest BCUT2D eigenvalue weighted by Crippen LogP contribution is 2.53. The number of hydrogen-bond acceptors (Lipinski definition) is 3. The predicted molar refractivity (Wildman–Crippen MR) is 502 cm³/mol. The molecule has 0 aliphatic rings. The molecule has 0 saturated carbocycles. The van der Waals surface area contributed by atoms with E-state index in [1.165, 1.54) is 21.5 Å². The van der Waals surface area contributed by atoms with Gasteiger partial charge in [0.15, 0.2) is 28.4 Å². The molecule has 9 aromatic heterocycles. The standard InChI is InChI=1S/C30H17N5.C27H12N4.C26H13N3.C24H11N5/c1-18-10-6-7-11-20(18)14-15-22-19(2)29-23-13-9-8-12-21(23)17-35(29)30-24(16-31)26(32-3)28(34-5)27(33-4)25(22)30;1-28-21-14-22-24(26(30-3)25(21)29-2)20-13-12-16-8-4-6-10-18(16)23(20)27-19-11-7-5-9-17(19)15-31(22)27;1-27-22-13-21-20-12-11-16-7-3-5-9-18(16)25(20)26-19-10-6-4-8-17(19)15-29(26)24(21)14-23(22)28-2;1-25-22-23(26-2)28-24-20(27-22)18-12-11-14-7-3-5-9-16(14)19(18)21-17-10-6-4-8-15(17)13-29(21)24/h6-15,17H,1-2H3;4-15H;3-15H;3-13H/b15-14-;;;. The van der Waals surface area contributed by atoms with E-state index in [2.05, 4.69) is 201 Å². The van der Waals surface area contributed by atoms with Crippen LogP contribution in [0.1, 0.15) is 27.8 Å². The van der Waals surface area contributed by atoms with Gasteiger partial charge < -0.3 is 22.9 Å². The number of fused-ring (bicyclic) bond motifs is 35. The Morgan fingerprint density at radius 2 is 0.710 bits per heavy atom. The van der Waals surface area contributed by atoms with Crippen LogP contribution in [0.3, 0.4) is 0 Å². The maximum Gasteiger partial charge on any atom is 0.295 e. The Morgan fingerprint density at radius 1 is 0.298 bits per heavy atom. The summed E-state index contributed by atoms with van der Waals surface area (Å²) in [6.45, 7) is 80.4. The van der Waals surface area contributed by atoms with Gasteiger partial charge in [-0.25, -0.2) is 0 Å². The van der Waals surface area contributed by atoms with Gasteiger partial charge in [0, 0.05) is 106 Å². The number of aromatic nitrogens is 6. The Kier molecular flexibility index (Phi) is 17.4. The van der Waals surface area contributed by atoms with Gasteiger partial charge in [-0.2, -0.15) is 5.26 Å². The van der Waals surface area contributed by atoms with E-state index >= 15 is 0 Å². The summed E-state index contributed by atoms with van der Waals surface area (Å²) in [4.78, 5) is 44.9. The zero-order valence-corrected chi connectivity index (χ0v) is 65.7. The van der Waals surface area contributed by atoms with Crippen molar-refractivity contribution >= 4 is 243 Å². The van der Waals surface area contributed by atoms with Crippen molar-refractivity contribution in [3.63, 3.8) is 0 Å². The van der Waals surface area contributed by atoms with Crippen molar-refractivity contribution in [1.82, 2.24) is 27.6 Å². The third-order valence-corrected chi connectivity index (χ3v) is 23.7. The van der Waals surface area contributed by atoms with Crippen molar-refractivity contribution in [3.05, 3.63) is 415 Å². The zero-order chi connectivity index (χ0) is 84.9. The zero-order valence-electron chi connectivity index (χ0n) is 65.7. The average molecular weight is 1580 g/mol. The predicted octanol–water partition coefficient (Wildman–Crippen LogP) is 30.9. The third kappa shape index (κ3) is 11.1. The molecule has 14 aromatic carbocycles. The van der Waals surface area contributed by atoms with E-state index < -0.39 is 0 Å². The smallest absolute Gasteiger partial charge is 0.295 e. The Bertz CT molecular complexity index is 9130. The maximum absolute atomic E-state index is 10.2. The van der Waals surface area contributed by atoms with E-state index in [0.717, 1.165) is 152 Å². The molecule has 23 rings (SSSR count). The summed E-state index contributed by atoms with van der Waals surface area (Å²) < 4.78 is 8.21. The fraction of sp³-hybridized carbons (Fsp3) is 0.0187. The second kappa shape index (κ2) is 29.3. The number of nitriles is 1. The molecule has 0 aliphatic carbocycles. The van der Waals surface area contributed by atoms with Gasteiger partial charge in [-0.05, 0) is 114 Å². The van der Waals surface area contributed by atoms with Crippen LogP contribution in [0.4, 0.5) is 57.1 Å². The summed E-state index contributed by atoms with van der Waals surface area (Å²) in [5.41, 5.74) is 12.9. The molecule has 0 atom stereocenters. The van der Waals surface area contributed by atoms with E-state index in [1.54, 1.807) is 6.07 Å². The average Bonchev–Trinajstić information content (AvgIpc) is 1.68. The van der Waals surface area contributed by atoms with E-state index in [-0.39, 0.29) is 51.3 Å². The summed E-state index contributed by atoms with van der Waals surface area (Å²) in [6, 6.07) is 85.9. The van der Waals surface area contributed by atoms with E-state index in [1.807, 2.05) is 175 Å². The molecule has 0 N–H and O–H groups in total. The number of nitrogens with zero attached hydrogens (tertiary/aromatic N) is 17.